The first-order chi connectivity index (χ1) is 13.7. The van der Waals surface area contributed by atoms with Crippen molar-refractivity contribution in [3.8, 4) is 0 Å². The van der Waals surface area contributed by atoms with Crippen molar-refractivity contribution in [2.45, 2.75) is 105 Å². The zero-order valence-corrected chi connectivity index (χ0v) is 19.8. The first-order valence-corrected chi connectivity index (χ1v) is 12.7. The van der Waals surface area contributed by atoms with Crippen molar-refractivity contribution in [3.63, 3.8) is 0 Å². The maximum atomic E-state index is 10.2. The Morgan fingerprint density at radius 3 is 2.59 bits per heavy atom. The summed E-state index contributed by atoms with van der Waals surface area (Å²) >= 11 is 0. The highest BCUT2D eigenvalue weighted by Gasteiger charge is 2.59. The second-order valence-corrected chi connectivity index (χ2v) is 12.2. The summed E-state index contributed by atoms with van der Waals surface area (Å²) < 4.78 is 0. The molecule has 0 aromatic carbocycles. The molecule has 4 aliphatic rings. The maximum Gasteiger partial charge on any atom is 0.0577 e. The quantitative estimate of drug-likeness (QED) is 0.474. The third-order valence-electron chi connectivity index (χ3n) is 10.7. The molecule has 0 spiro atoms. The van der Waals surface area contributed by atoms with Gasteiger partial charge in [-0.15, -0.1) is 0 Å². The van der Waals surface area contributed by atoms with Crippen molar-refractivity contribution in [2.24, 2.45) is 46.3 Å². The number of hydrogen-bond acceptors (Lipinski definition) is 1. The van der Waals surface area contributed by atoms with Gasteiger partial charge in [0.25, 0.3) is 0 Å². The predicted molar refractivity (Wildman–Crippen MR) is 124 cm³/mol. The van der Waals surface area contributed by atoms with E-state index in [-0.39, 0.29) is 6.10 Å². The predicted octanol–water partition coefficient (Wildman–Crippen LogP) is 7.55. The van der Waals surface area contributed by atoms with E-state index in [1.165, 1.54) is 56.9 Å². The van der Waals surface area contributed by atoms with Crippen LogP contribution in [0.4, 0.5) is 0 Å². The first kappa shape index (κ1) is 21.7. The largest absolute Gasteiger partial charge is 0.393 e. The number of aliphatic hydroxyl groups excluding tert-OH is 1. The Morgan fingerprint density at radius 1 is 1.10 bits per heavy atom. The lowest BCUT2D eigenvalue weighted by atomic mass is 9.47. The Kier molecular flexibility index (Phi) is 5.86. The molecule has 0 bridgehead atoms. The van der Waals surface area contributed by atoms with Gasteiger partial charge in [-0.2, -0.15) is 0 Å². The minimum Gasteiger partial charge on any atom is -0.393 e. The summed E-state index contributed by atoms with van der Waals surface area (Å²) in [5.74, 6) is 5.11. The van der Waals surface area contributed by atoms with Crippen LogP contribution in [0.5, 0.6) is 0 Å². The third kappa shape index (κ3) is 3.58. The van der Waals surface area contributed by atoms with Gasteiger partial charge in [-0.1, -0.05) is 51.5 Å². The fourth-order valence-electron chi connectivity index (χ4n) is 8.58. The fourth-order valence-corrected chi connectivity index (χ4v) is 8.58. The molecule has 29 heavy (non-hydrogen) atoms. The molecule has 4 rings (SSSR count). The molecule has 164 valence electrons. The highest BCUT2D eigenvalue weighted by molar-refractivity contribution is 5.25. The molecule has 4 aliphatic carbocycles. The monoisotopic (exact) mass is 398 g/mol. The van der Waals surface area contributed by atoms with Crippen molar-refractivity contribution < 1.29 is 5.11 Å². The average molecular weight is 399 g/mol. The molecule has 0 aromatic rings. The zero-order chi connectivity index (χ0) is 21.0. The van der Waals surface area contributed by atoms with Crippen molar-refractivity contribution in [2.75, 3.05) is 0 Å². The van der Waals surface area contributed by atoms with E-state index in [4.69, 9.17) is 0 Å². The number of fused-ring (bicyclic) bond motifs is 5. The van der Waals surface area contributed by atoms with E-state index in [2.05, 4.69) is 47.3 Å². The summed E-state index contributed by atoms with van der Waals surface area (Å²) in [6.07, 6.45) is 15.4. The Hall–Kier alpha value is -0.560. The van der Waals surface area contributed by atoms with E-state index in [9.17, 15) is 5.11 Å². The molecule has 0 radical (unpaired) electrons. The van der Waals surface area contributed by atoms with Crippen molar-refractivity contribution in [1.82, 2.24) is 0 Å². The second kappa shape index (κ2) is 7.85. The van der Waals surface area contributed by atoms with Gasteiger partial charge in [0.1, 0.15) is 0 Å². The van der Waals surface area contributed by atoms with Crippen LogP contribution in [0.25, 0.3) is 0 Å². The maximum absolute atomic E-state index is 10.2. The van der Waals surface area contributed by atoms with Crippen LogP contribution in [0.3, 0.4) is 0 Å². The fraction of sp³-hybridized carbons (Fsp3) is 0.857. The van der Waals surface area contributed by atoms with Gasteiger partial charge in [0.15, 0.2) is 0 Å². The Morgan fingerprint density at radius 2 is 1.86 bits per heavy atom. The molecule has 0 saturated heterocycles. The highest BCUT2D eigenvalue weighted by atomic mass is 16.3. The summed E-state index contributed by atoms with van der Waals surface area (Å²) in [5.41, 5.74) is 3.90. The molecule has 0 heterocycles. The summed E-state index contributed by atoms with van der Waals surface area (Å²) in [6, 6.07) is 0. The number of hydrogen-bond donors (Lipinski definition) is 1. The Bertz CT molecular complexity index is 661. The van der Waals surface area contributed by atoms with Gasteiger partial charge < -0.3 is 5.11 Å². The van der Waals surface area contributed by atoms with Crippen molar-refractivity contribution in [3.05, 3.63) is 23.8 Å². The Balaban J connectivity index is 1.49. The van der Waals surface area contributed by atoms with E-state index < -0.39 is 0 Å². The molecule has 0 aromatic heterocycles. The van der Waals surface area contributed by atoms with Crippen LogP contribution in [0.2, 0.25) is 0 Å². The minimum atomic E-state index is -0.0852. The van der Waals surface area contributed by atoms with Crippen LogP contribution in [0, 0.1) is 46.3 Å². The number of allylic oxidation sites excluding steroid dienone is 2. The van der Waals surface area contributed by atoms with Crippen LogP contribution in [0.15, 0.2) is 23.8 Å². The van der Waals surface area contributed by atoms with Crippen LogP contribution in [-0.2, 0) is 0 Å². The van der Waals surface area contributed by atoms with Gasteiger partial charge in [-0.25, -0.2) is 0 Å². The van der Waals surface area contributed by atoms with Crippen LogP contribution in [0.1, 0.15) is 98.8 Å². The lowest BCUT2D eigenvalue weighted by Gasteiger charge is -2.58. The van der Waals surface area contributed by atoms with Gasteiger partial charge in [0, 0.05) is 0 Å². The molecule has 0 amide bonds. The molecule has 3 saturated carbocycles. The van der Waals surface area contributed by atoms with E-state index in [1.807, 2.05) is 0 Å². The number of rotatable bonds is 5. The van der Waals surface area contributed by atoms with Gasteiger partial charge in [-0.05, 0) is 117 Å². The zero-order valence-electron chi connectivity index (χ0n) is 19.8. The highest BCUT2D eigenvalue weighted by Crippen LogP contribution is 2.67. The standard InChI is InChI=1S/C28H46O/c1-18(2)19(3)7-8-20(4)24-11-12-25-23-10-9-21-17-22(29)13-15-27(21,5)26(23)14-16-28(24,25)6/h9,19-20,22-26,29H,1,7-8,10-17H2,2-6H3/t19-,20?,22-,23?,24?,25?,26?,27-,28+/m0/s1. The lowest BCUT2D eigenvalue weighted by molar-refractivity contribution is -0.0573. The second-order valence-electron chi connectivity index (χ2n) is 12.2. The van der Waals surface area contributed by atoms with Crippen LogP contribution >= 0.6 is 0 Å². The smallest absolute Gasteiger partial charge is 0.0577 e. The van der Waals surface area contributed by atoms with Gasteiger partial charge >= 0.3 is 0 Å². The SMILES string of the molecule is C=C(C)[C@@H](C)CCC(C)C1CCC2C3CC=C4C[C@@H](O)CC[C@]4(C)C3CC[C@]12C. The van der Waals surface area contributed by atoms with Crippen molar-refractivity contribution >= 4 is 0 Å². The van der Waals surface area contributed by atoms with Crippen LogP contribution in [-0.4, -0.2) is 11.2 Å². The minimum absolute atomic E-state index is 0.0852. The molecule has 1 heteroatoms. The van der Waals surface area contributed by atoms with E-state index >= 15 is 0 Å². The topological polar surface area (TPSA) is 20.2 Å². The van der Waals surface area contributed by atoms with E-state index in [0.717, 1.165) is 42.4 Å². The van der Waals surface area contributed by atoms with Crippen molar-refractivity contribution in [1.29, 1.82) is 0 Å². The summed E-state index contributed by atoms with van der Waals surface area (Å²) in [7, 11) is 0. The summed E-state index contributed by atoms with van der Waals surface area (Å²) in [6.45, 7) is 16.5. The number of aliphatic hydroxyl groups is 1. The van der Waals surface area contributed by atoms with Gasteiger partial charge in [-0.3, -0.25) is 0 Å². The normalized spacial score (nSPS) is 46.1. The molecular weight excluding hydrogens is 352 g/mol. The molecule has 9 atom stereocenters. The molecule has 0 aliphatic heterocycles. The average Bonchev–Trinajstić information content (AvgIpc) is 3.03. The Labute approximate surface area is 180 Å². The summed E-state index contributed by atoms with van der Waals surface area (Å²) in [5, 5.41) is 10.2. The molecule has 1 N–H and O–H groups in total. The lowest BCUT2D eigenvalue weighted by Crippen LogP contribution is -2.50. The van der Waals surface area contributed by atoms with Gasteiger partial charge in [0.2, 0.25) is 0 Å². The molecule has 1 nitrogen and oxygen atoms in total. The molecular formula is C28H46O. The third-order valence-corrected chi connectivity index (χ3v) is 10.7. The molecule has 5 unspecified atom stereocenters. The van der Waals surface area contributed by atoms with Crippen LogP contribution < -0.4 is 0 Å². The summed E-state index contributed by atoms with van der Waals surface area (Å²) in [4.78, 5) is 0. The van der Waals surface area contributed by atoms with Gasteiger partial charge in [0.05, 0.1) is 6.10 Å². The first-order valence-electron chi connectivity index (χ1n) is 12.7. The van der Waals surface area contributed by atoms with E-state index in [0.29, 0.717) is 16.7 Å². The molecule has 3 fully saturated rings. The van der Waals surface area contributed by atoms with E-state index in [1.54, 1.807) is 5.57 Å².